The number of nitrogens with zero attached hydrogens (tertiary/aromatic N) is 2. The van der Waals surface area contributed by atoms with Crippen molar-refractivity contribution in [2.75, 3.05) is 7.11 Å². The van der Waals surface area contributed by atoms with Crippen LogP contribution in [0.1, 0.15) is 5.56 Å². The van der Waals surface area contributed by atoms with Crippen LogP contribution in [0.5, 0.6) is 5.75 Å². The second-order valence-electron chi connectivity index (χ2n) is 4.29. The highest BCUT2D eigenvalue weighted by Gasteiger charge is 2.05. The minimum Gasteiger partial charge on any atom is -0.497 e. The number of methoxy groups -OCH3 is 1. The van der Waals surface area contributed by atoms with Crippen molar-refractivity contribution >= 4 is 11.0 Å². The highest BCUT2D eigenvalue weighted by Crippen LogP contribution is 2.21. The molecule has 2 aromatic carbocycles. The molecule has 1 heterocycles. The van der Waals surface area contributed by atoms with E-state index in [2.05, 4.69) is 4.98 Å². The zero-order valence-corrected chi connectivity index (χ0v) is 10.6. The second kappa shape index (κ2) is 4.74. The van der Waals surface area contributed by atoms with Crippen molar-refractivity contribution in [3.8, 4) is 11.4 Å². The van der Waals surface area contributed by atoms with Crippen LogP contribution in [0.4, 0.5) is 0 Å². The first-order chi connectivity index (χ1) is 9.31. The Morgan fingerprint density at radius 1 is 1.16 bits per heavy atom. The van der Waals surface area contributed by atoms with Crippen LogP contribution in [0, 0.1) is 0 Å². The van der Waals surface area contributed by atoms with Gasteiger partial charge in [0.25, 0.3) is 0 Å². The summed E-state index contributed by atoms with van der Waals surface area (Å²) in [6, 6.07) is 13.5. The molecule has 4 nitrogen and oxygen atoms in total. The first-order valence-electron chi connectivity index (χ1n) is 6.03. The molecule has 1 aromatic heterocycles. The van der Waals surface area contributed by atoms with Crippen molar-refractivity contribution < 1.29 is 9.84 Å². The molecule has 0 amide bonds. The lowest BCUT2D eigenvalue weighted by molar-refractivity contribution is 0.282. The first kappa shape index (κ1) is 11.7. The van der Waals surface area contributed by atoms with Gasteiger partial charge in [0.15, 0.2) is 0 Å². The maximum atomic E-state index is 9.22. The molecule has 3 rings (SSSR count). The lowest BCUT2D eigenvalue weighted by Crippen LogP contribution is -1.93. The molecule has 0 fully saturated rings. The summed E-state index contributed by atoms with van der Waals surface area (Å²) in [6.07, 6.45) is 1.79. The Balaban J connectivity index is 2.12. The Labute approximate surface area is 110 Å². The molecule has 96 valence electrons. The third-order valence-corrected chi connectivity index (χ3v) is 3.14. The van der Waals surface area contributed by atoms with Gasteiger partial charge in [-0.15, -0.1) is 0 Å². The number of hydrogen-bond acceptors (Lipinski definition) is 3. The van der Waals surface area contributed by atoms with Gasteiger partial charge in [-0.25, -0.2) is 4.98 Å². The van der Waals surface area contributed by atoms with Gasteiger partial charge >= 0.3 is 0 Å². The van der Waals surface area contributed by atoms with Crippen LogP contribution >= 0.6 is 0 Å². The molecule has 1 N–H and O–H groups in total. The molecular weight excluding hydrogens is 240 g/mol. The van der Waals surface area contributed by atoms with Gasteiger partial charge < -0.3 is 9.84 Å². The molecule has 0 saturated carbocycles. The van der Waals surface area contributed by atoms with E-state index < -0.39 is 0 Å². The van der Waals surface area contributed by atoms with Crippen LogP contribution < -0.4 is 4.74 Å². The summed E-state index contributed by atoms with van der Waals surface area (Å²) in [6.45, 7) is 0.0315. The third-order valence-electron chi connectivity index (χ3n) is 3.14. The minimum absolute atomic E-state index is 0.0315. The van der Waals surface area contributed by atoms with Crippen molar-refractivity contribution in [1.82, 2.24) is 9.55 Å². The van der Waals surface area contributed by atoms with Gasteiger partial charge in [-0.2, -0.15) is 0 Å². The summed E-state index contributed by atoms with van der Waals surface area (Å²) >= 11 is 0. The smallest absolute Gasteiger partial charge is 0.119 e. The fourth-order valence-electron chi connectivity index (χ4n) is 2.10. The minimum atomic E-state index is 0.0315. The SMILES string of the molecule is COc1ccc(-n2cnc3ccc(CO)cc32)cc1. The number of aliphatic hydroxyl groups excluding tert-OH is 1. The number of benzene rings is 2. The maximum Gasteiger partial charge on any atom is 0.119 e. The highest BCUT2D eigenvalue weighted by molar-refractivity contribution is 5.78. The van der Waals surface area contributed by atoms with E-state index in [1.165, 1.54) is 0 Å². The predicted octanol–water partition coefficient (Wildman–Crippen LogP) is 2.53. The lowest BCUT2D eigenvalue weighted by atomic mass is 10.2. The van der Waals surface area contributed by atoms with Gasteiger partial charge in [0, 0.05) is 5.69 Å². The monoisotopic (exact) mass is 254 g/mol. The highest BCUT2D eigenvalue weighted by atomic mass is 16.5. The van der Waals surface area contributed by atoms with Gasteiger partial charge in [0.1, 0.15) is 12.1 Å². The van der Waals surface area contributed by atoms with Crippen LogP contribution in [-0.4, -0.2) is 21.8 Å². The molecule has 0 aliphatic heterocycles. The number of fused-ring (bicyclic) bond motifs is 1. The quantitative estimate of drug-likeness (QED) is 0.781. The maximum absolute atomic E-state index is 9.22. The van der Waals surface area contributed by atoms with Crippen LogP contribution in [0.2, 0.25) is 0 Å². The van der Waals surface area contributed by atoms with Gasteiger partial charge in [-0.05, 0) is 42.0 Å². The summed E-state index contributed by atoms with van der Waals surface area (Å²) in [4.78, 5) is 4.36. The Hall–Kier alpha value is -2.33. The normalized spacial score (nSPS) is 10.8. The average molecular weight is 254 g/mol. The number of aromatic nitrogens is 2. The number of imidazole rings is 1. The van der Waals surface area contributed by atoms with Crippen molar-refractivity contribution in [1.29, 1.82) is 0 Å². The molecule has 0 spiro atoms. The fraction of sp³-hybridized carbons (Fsp3) is 0.133. The van der Waals surface area contributed by atoms with Crippen LogP contribution in [0.3, 0.4) is 0 Å². The lowest BCUT2D eigenvalue weighted by Gasteiger charge is -2.06. The number of rotatable bonds is 3. The number of aliphatic hydroxyl groups is 1. The van der Waals surface area contributed by atoms with Gasteiger partial charge in [-0.3, -0.25) is 4.57 Å². The standard InChI is InChI=1S/C15H14N2O2/c1-19-13-5-3-12(4-6-13)17-10-16-14-7-2-11(9-18)8-15(14)17/h2-8,10,18H,9H2,1H3. The predicted molar refractivity (Wildman–Crippen MR) is 73.5 cm³/mol. The summed E-state index contributed by atoms with van der Waals surface area (Å²) in [5, 5.41) is 9.22. The van der Waals surface area contributed by atoms with E-state index in [0.717, 1.165) is 28.0 Å². The van der Waals surface area contributed by atoms with Crippen molar-refractivity contribution in [2.45, 2.75) is 6.61 Å². The summed E-state index contributed by atoms with van der Waals surface area (Å²) in [5.74, 6) is 0.823. The Morgan fingerprint density at radius 3 is 2.63 bits per heavy atom. The Morgan fingerprint density at radius 2 is 1.95 bits per heavy atom. The number of ether oxygens (including phenoxy) is 1. The molecule has 3 aromatic rings. The number of hydrogen-bond donors (Lipinski definition) is 1. The largest absolute Gasteiger partial charge is 0.497 e. The first-order valence-corrected chi connectivity index (χ1v) is 6.03. The average Bonchev–Trinajstić information content (AvgIpc) is 2.90. The van der Waals surface area contributed by atoms with Gasteiger partial charge in [0.05, 0.1) is 24.8 Å². The molecule has 0 unspecified atom stereocenters. The molecular formula is C15H14N2O2. The van der Waals surface area contributed by atoms with E-state index in [1.807, 2.05) is 47.0 Å². The van der Waals surface area contributed by atoms with Crippen molar-refractivity contribution in [3.63, 3.8) is 0 Å². The fourth-order valence-corrected chi connectivity index (χ4v) is 2.10. The van der Waals surface area contributed by atoms with E-state index >= 15 is 0 Å². The van der Waals surface area contributed by atoms with Crippen LogP contribution in [-0.2, 0) is 6.61 Å². The van der Waals surface area contributed by atoms with Crippen molar-refractivity contribution in [3.05, 3.63) is 54.4 Å². The van der Waals surface area contributed by atoms with Crippen LogP contribution in [0.15, 0.2) is 48.8 Å². The second-order valence-corrected chi connectivity index (χ2v) is 4.29. The molecule has 19 heavy (non-hydrogen) atoms. The Bertz CT molecular complexity index is 702. The summed E-state index contributed by atoms with van der Waals surface area (Å²) < 4.78 is 7.15. The molecule has 0 radical (unpaired) electrons. The van der Waals surface area contributed by atoms with Gasteiger partial charge in [0.2, 0.25) is 0 Å². The van der Waals surface area contributed by atoms with E-state index in [9.17, 15) is 5.11 Å². The van der Waals surface area contributed by atoms with E-state index in [-0.39, 0.29) is 6.61 Å². The summed E-state index contributed by atoms with van der Waals surface area (Å²) in [7, 11) is 1.65. The van der Waals surface area contributed by atoms with Crippen LogP contribution in [0.25, 0.3) is 16.7 Å². The molecule has 0 bridgehead atoms. The van der Waals surface area contributed by atoms with E-state index in [1.54, 1.807) is 13.4 Å². The molecule has 0 saturated heterocycles. The summed E-state index contributed by atoms with van der Waals surface area (Å²) in [5.41, 5.74) is 3.78. The topological polar surface area (TPSA) is 47.3 Å². The van der Waals surface area contributed by atoms with E-state index in [0.29, 0.717) is 0 Å². The zero-order chi connectivity index (χ0) is 13.2. The Kier molecular flexibility index (Phi) is 2.93. The molecule has 0 aliphatic carbocycles. The molecule has 4 heteroatoms. The zero-order valence-electron chi connectivity index (χ0n) is 10.6. The van der Waals surface area contributed by atoms with Gasteiger partial charge in [-0.1, -0.05) is 6.07 Å². The molecule has 0 aliphatic rings. The molecule has 0 atom stereocenters. The third kappa shape index (κ3) is 2.06. The van der Waals surface area contributed by atoms with E-state index in [4.69, 9.17) is 4.74 Å². The van der Waals surface area contributed by atoms with Crippen molar-refractivity contribution in [2.24, 2.45) is 0 Å².